The van der Waals surface area contributed by atoms with Crippen LogP contribution in [0.1, 0.15) is 31.2 Å². The predicted molar refractivity (Wildman–Crippen MR) is 91.8 cm³/mol. The first-order valence-electron chi connectivity index (χ1n) is 8.44. The van der Waals surface area contributed by atoms with Crippen LogP contribution in [0.5, 0.6) is 0 Å². The lowest BCUT2D eigenvalue weighted by molar-refractivity contribution is -0.133. The Bertz CT molecular complexity index is 718. The monoisotopic (exact) mass is 306 g/mol. The van der Waals surface area contributed by atoms with E-state index in [0.717, 1.165) is 42.3 Å². The van der Waals surface area contributed by atoms with Crippen molar-refractivity contribution in [3.63, 3.8) is 0 Å². The molecule has 1 fully saturated rings. The van der Waals surface area contributed by atoms with Crippen LogP contribution in [0.4, 0.5) is 0 Å². The van der Waals surface area contributed by atoms with E-state index in [2.05, 4.69) is 24.3 Å². The molecule has 2 aromatic carbocycles. The van der Waals surface area contributed by atoms with E-state index in [4.69, 9.17) is 0 Å². The van der Waals surface area contributed by atoms with Gasteiger partial charge < -0.3 is 4.90 Å². The summed E-state index contributed by atoms with van der Waals surface area (Å²) < 4.78 is 0. The summed E-state index contributed by atoms with van der Waals surface area (Å²) in [6.45, 7) is 1.60. The van der Waals surface area contributed by atoms with Crippen LogP contribution in [0.25, 0.3) is 10.8 Å². The number of likely N-dealkylation sites (tertiary alicyclic amines) is 1. The van der Waals surface area contributed by atoms with Gasteiger partial charge in [-0.05, 0) is 35.6 Å². The molecule has 2 aromatic rings. The third-order valence-corrected chi connectivity index (χ3v) is 4.68. The molecule has 23 heavy (non-hydrogen) atoms. The fourth-order valence-electron chi connectivity index (χ4n) is 3.39. The summed E-state index contributed by atoms with van der Waals surface area (Å²) in [5.74, 6) is -0.582. The quantitative estimate of drug-likeness (QED) is 0.862. The van der Waals surface area contributed by atoms with Crippen LogP contribution < -0.4 is 0 Å². The maximum absolute atomic E-state index is 12.7. The summed E-state index contributed by atoms with van der Waals surface area (Å²) in [5, 5.41) is 11.8. The van der Waals surface area contributed by atoms with Gasteiger partial charge in [0.05, 0.1) is 6.07 Å². The van der Waals surface area contributed by atoms with Crippen LogP contribution >= 0.6 is 0 Å². The fraction of sp³-hybridized carbons (Fsp3) is 0.400. The zero-order valence-corrected chi connectivity index (χ0v) is 13.4. The van der Waals surface area contributed by atoms with Crippen LogP contribution in [0.3, 0.4) is 0 Å². The highest BCUT2D eigenvalue weighted by atomic mass is 16.2. The molecule has 0 radical (unpaired) electrons. The molecule has 1 amide bonds. The molecule has 0 spiro atoms. The molecule has 1 aliphatic rings. The first kappa shape index (κ1) is 15.6. The lowest BCUT2D eigenvalue weighted by Crippen LogP contribution is -2.37. The Labute approximate surface area is 137 Å². The number of hydrogen-bond donors (Lipinski definition) is 0. The molecule has 3 heteroatoms. The van der Waals surface area contributed by atoms with Crippen molar-refractivity contribution in [2.75, 3.05) is 13.1 Å². The van der Waals surface area contributed by atoms with E-state index in [1.54, 1.807) is 0 Å². The SMILES string of the molecule is N#CC(Cc1cccc2ccccc12)C(=O)N1CCCCCC1. The van der Waals surface area contributed by atoms with Crippen molar-refractivity contribution >= 4 is 16.7 Å². The minimum absolute atomic E-state index is 0.00216. The van der Waals surface area contributed by atoms with Gasteiger partial charge in [0, 0.05) is 13.1 Å². The lowest BCUT2D eigenvalue weighted by Gasteiger charge is -2.23. The van der Waals surface area contributed by atoms with Gasteiger partial charge in [-0.3, -0.25) is 4.79 Å². The van der Waals surface area contributed by atoms with Crippen LogP contribution in [-0.2, 0) is 11.2 Å². The highest BCUT2D eigenvalue weighted by Gasteiger charge is 2.25. The molecule has 1 aliphatic heterocycles. The van der Waals surface area contributed by atoms with Crippen LogP contribution in [0.15, 0.2) is 42.5 Å². The Morgan fingerprint density at radius 1 is 1.04 bits per heavy atom. The maximum atomic E-state index is 12.7. The topological polar surface area (TPSA) is 44.1 Å². The molecule has 1 saturated heterocycles. The first-order chi connectivity index (χ1) is 11.3. The van der Waals surface area contributed by atoms with E-state index >= 15 is 0 Å². The molecule has 1 unspecified atom stereocenters. The number of amides is 1. The third kappa shape index (κ3) is 3.53. The smallest absolute Gasteiger partial charge is 0.240 e. The Hall–Kier alpha value is -2.34. The van der Waals surface area contributed by atoms with Gasteiger partial charge in [-0.25, -0.2) is 0 Å². The Kier molecular flexibility index (Phi) is 4.92. The fourth-order valence-corrected chi connectivity index (χ4v) is 3.39. The molecule has 3 nitrogen and oxygen atoms in total. The predicted octanol–water partition coefficient (Wildman–Crippen LogP) is 3.92. The summed E-state index contributed by atoms with van der Waals surface area (Å²) in [4.78, 5) is 14.6. The third-order valence-electron chi connectivity index (χ3n) is 4.68. The number of benzene rings is 2. The molecule has 0 aromatic heterocycles. The van der Waals surface area contributed by atoms with Crippen molar-refractivity contribution in [3.05, 3.63) is 48.0 Å². The molecule has 1 atom stereocenters. The average molecular weight is 306 g/mol. The van der Waals surface area contributed by atoms with Crippen molar-refractivity contribution in [2.45, 2.75) is 32.1 Å². The largest absolute Gasteiger partial charge is 0.342 e. The van der Waals surface area contributed by atoms with E-state index < -0.39 is 5.92 Å². The summed E-state index contributed by atoms with van der Waals surface area (Å²) in [5.41, 5.74) is 1.08. The summed E-state index contributed by atoms with van der Waals surface area (Å²) >= 11 is 0. The van der Waals surface area contributed by atoms with Crippen molar-refractivity contribution < 1.29 is 4.79 Å². The number of fused-ring (bicyclic) bond motifs is 1. The first-order valence-corrected chi connectivity index (χ1v) is 8.44. The number of hydrogen-bond acceptors (Lipinski definition) is 2. The Morgan fingerprint density at radius 3 is 2.48 bits per heavy atom. The minimum atomic E-state index is -0.584. The number of nitrogens with zero attached hydrogens (tertiary/aromatic N) is 2. The molecule has 0 saturated carbocycles. The second-order valence-electron chi connectivity index (χ2n) is 6.26. The second kappa shape index (κ2) is 7.28. The zero-order chi connectivity index (χ0) is 16.1. The van der Waals surface area contributed by atoms with Gasteiger partial charge in [0.25, 0.3) is 0 Å². The van der Waals surface area contributed by atoms with Crippen molar-refractivity contribution in [3.8, 4) is 6.07 Å². The van der Waals surface area contributed by atoms with Gasteiger partial charge >= 0.3 is 0 Å². The Balaban J connectivity index is 1.81. The van der Waals surface area contributed by atoms with E-state index in [1.165, 1.54) is 12.8 Å². The molecular weight excluding hydrogens is 284 g/mol. The highest BCUT2D eigenvalue weighted by Crippen LogP contribution is 2.22. The Morgan fingerprint density at radius 2 is 1.74 bits per heavy atom. The van der Waals surface area contributed by atoms with Gasteiger partial charge in [-0.15, -0.1) is 0 Å². The summed E-state index contributed by atoms with van der Waals surface area (Å²) in [7, 11) is 0. The van der Waals surface area contributed by atoms with E-state index in [0.29, 0.717) is 6.42 Å². The van der Waals surface area contributed by atoms with Gasteiger partial charge in [0.1, 0.15) is 5.92 Å². The lowest BCUT2D eigenvalue weighted by atomic mass is 9.94. The molecule has 0 aliphatic carbocycles. The molecular formula is C20H22N2O. The van der Waals surface area contributed by atoms with Crippen LogP contribution in [0, 0.1) is 17.2 Å². The van der Waals surface area contributed by atoms with Crippen molar-refractivity contribution in [1.82, 2.24) is 4.90 Å². The number of nitriles is 1. The zero-order valence-electron chi connectivity index (χ0n) is 13.4. The normalized spacial score (nSPS) is 16.6. The highest BCUT2D eigenvalue weighted by molar-refractivity contribution is 5.87. The van der Waals surface area contributed by atoms with E-state index in [-0.39, 0.29) is 5.91 Å². The minimum Gasteiger partial charge on any atom is -0.342 e. The van der Waals surface area contributed by atoms with Gasteiger partial charge in [-0.1, -0.05) is 55.3 Å². The molecule has 118 valence electrons. The second-order valence-corrected chi connectivity index (χ2v) is 6.26. The number of rotatable bonds is 3. The molecule has 1 heterocycles. The van der Waals surface area contributed by atoms with Crippen molar-refractivity contribution in [2.24, 2.45) is 5.92 Å². The van der Waals surface area contributed by atoms with Gasteiger partial charge in [-0.2, -0.15) is 5.26 Å². The van der Waals surface area contributed by atoms with Crippen LogP contribution in [0.2, 0.25) is 0 Å². The van der Waals surface area contributed by atoms with E-state index in [9.17, 15) is 10.1 Å². The average Bonchev–Trinajstić information content (AvgIpc) is 2.88. The molecule has 3 rings (SSSR count). The molecule has 0 N–H and O–H groups in total. The van der Waals surface area contributed by atoms with Gasteiger partial charge in [0.15, 0.2) is 0 Å². The number of carbonyl (C=O) groups is 1. The van der Waals surface area contributed by atoms with Crippen LogP contribution in [-0.4, -0.2) is 23.9 Å². The maximum Gasteiger partial charge on any atom is 0.240 e. The van der Waals surface area contributed by atoms with Gasteiger partial charge in [0.2, 0.25) is 5.91 Å². The molecule has 0 bridgehead atoms. The number of carbonyl (C=O) groups excluding carboxylic acids is 1. The van der Waals surface area contributed by atoms with E-state index in [1.807, 2.05) is 29.2 Å². The summed E-state index contributed by atoms with van der Waals surface area (Å²) in [6, 6.07) is 16.5. The standard InChI is InChI=1S/C20H22N2O/c21-15-18(20(23)22-12-5-1-2-6-13-22)14-17-10-7-9-16-8-3-4-11-19(16)17/h3-4,7-11,18H,1-2,5-6,12-14H2. The van der Waals surface area contributed by atoms with Crippen molar-refractivity contribution in [1.29, 1.82) is 5.26 Å². The summed E-state index contributed by atoms with van der Waals surface area (Å²) in [6.07, 6.45) is 4.97.